The zero-order valence-corrected chi connectivity index (χ0v) is 18.2. The van der Waals surface area contributed by atoms with Gasteiger partial charge >= 0.3 is 5.97 Å². The number of nitrogens with one attached hydrogen (secondary N) is 1. The van der Waals surface area contributed by atoms with E-state index in [0.717, 1.165) is 0 Å². The number of nitrogens with zero attached hydrogens (tertiary/aromatic N) is 3. The zero-order valence-electron chi connectivity index (χ0n) is 18.2. The third kappa shape index (κ3) is 3.61. The van der Waals surface area contributed by atoms with Gasteiger partial charge in [-0.2, -0.15) is 10.4 Å². The number of fused-ring (bicyclic) bond motifs is 2. The fourth-order valence-electron chi connectivity index (χ4n) is 4.37. The highest BCUT2D eigenvalue weighted by Crippen LogP contribution is 2.42. The molecule has 0 aliphatic carbocycles. The highest BCUT2D eigenvalue weighted by atomic mass is 19.1. The Labute approximate surface area is 187 Å². The molecule has 33 heavy (non-hydrogen) atoms. The number of aromatic amines is 1. The first-order chi connectivity index (χ1) is 15.6. The minimum atomic E-state index is -2.28. The molecule has 4 rings (SSSR count). The summed E-state index contributed by atoms with van der Waals surface area (Å²) in [7, 11) is 0. The van der Waals surface area contributed by atoms with Crippen molar-refractivity contribution in [2.75, 3.05) is 0 Å². The Morgan fingerprint density at radius 1 is 1.33 bits per heavy atom. The van der Waals surface area contributed by atoms with Crippen molar-refractivity contribution in [2.24, 2.45) is 0 Å². The van der Waals surface area contributed by atoms with Gasteiger partial charge in [0, 0.05) is 40.4 Å². The maximum Gasteiger partial charge on any atom is 0.338 e. The van der Waals surface area contributed by atoms with Crippen LogP contribution in [0, 0.1) is 29.9 Å². The number of aryl methyl sites for hydroxylation is 1. The number of aromatic nitrogens is 3. The van der Waals surface area contributed by atoms with E-state index in [1.54, 1.807) is 37.5 Å². The smallest absolute Gasteiger partial charge is 0.338 e. The Hall–Kier alpha value is -3.80. The molecule has 2 heterocycles. The second kappa shape index (κ2) is 7.96. The van der Waals surface area contributed by atoms with Crippen LogP contribution in [0.5, 0.6) is 0 Å². The van der Waals surface area contributed by atoms with Crippen molar-refractivity contribution in [3.8, 4) is 11.8 Å². The van der Waals surface area contributed by atoms with Crippen molar-refractivity contribution in [3.05, 3.63) is 58.9 Å². The number of alkyl halides is 1. The minimum Gasteiger partial charge on any atom is -0.479 e. The van der Waals surface area contributed by atoms with E-state index >= 15 is 4.39 Å². The second-order valence-corrected chi connectivity index (χ2v) is 8.74. The lowest BCUT2D eigenvalue weighted by Gasteiger charge is -2.27. The summed E-state index contributed by atoms with van der Waals surface area (Å²) >= 11 is 0. The predicted octanol–water partition coefficient (Wildman–Crippen LogP) is 5.25. The molecule has 2 aromatic carbocycles. The molecule has 6 nitrogen and oxygen atoms in total. The normalized spacial score (nSPS) is 12.9. The number of carboxylic acid groups (broad SMARTS) is 1. The zero-order chi connectivity index (χ0) is 24.1. The Bertz CT molecular complexity index is 1450. The number of hydrogen-bond donors (Lipinski definition) is 2. The molecule has 4 aromatic rings. The first-order valence-electron chi connectivity index (χ1n) is 10.3. The number of carbonyl (C=O) groups is 1. The molecule has 0 unspecified atom stereocenters. The third-order valence-corrected chi connectivity index (χ3v) is 5.92. The quantitative estimate of drug-likeness (QED) is 0.416. The molecule has 2 N–H and O–H groups in total. The summed E-state index contributed by atoms with van der Waals surface area (Å²) in [4.78, 5) is 11.4. The largest absolute Gasteiger partial charge is 0.479 e. The molecule has 0 bridgehead atoms. The third-order valence-electron chi connectivity index (χ3n) is 5.92. The number of rotatable bonds is 6. The minimum absolute atomic E-state index is 0.00155. The molecule has 0 spiro atoms. The number of hydrogen-bond acceptors (Lipinski definition) is 3. The van der Waals surface area contributed by atoms with Crippen LogP contribution in [0.3, 0.4) is 0 Å². The average molecular weight is 454 g/mol. The Balaban J connectivity index is 2.21. The Kier molecular flexibility index (Phi) is 5.40. The van der Waals surface area contributed by atoms with Crippen molar-refractivity contribution in [2.45, 2.75) is 45.2 Å². The maximum absolute atomic E-state index is 15.8. The standard InChI is InChI=1S/C24H21F3N4O2/c1-12-8-14(4-5-16(12)25)31-18-9-13-11-29-30-21(13)20(27)19(18)15(10-17(26)23(32)33)22(31)24(2,3)6-7-28/h4-5,8-9,11,17H,6,10H2,1-3H3,(H,29,30)(H,32,33)/t17-/m1/s1. The Morgan fingerprint density at radius 2 is 2.06 bits per heavy atom. The topological polar surface area (TPSA) is 94.7 Å². The molecule has 0 saturated carbocycles. The number of aliphatic carboxylic acids is 1. The van der Waals surface area contributed by atoms with E-state index in [1.807, 2.05) is 0 Å². The Morgan fingerprint density at radius 3 is 2.70 bits per heavy atom. The van der Waals surface area contributed by atoms with Crippen LogP contribution in [-0.2, 0) is 16.6 Å². The van der Waals surface area contributed by atoms with Crippen LogP contribution in [0.4, 0.5) is 13.2 Å². The van der Waals surface area contributed by atoms with Crippen LogP contribution in [0.15, 0.2) is 30.5 Å². The van der Waals surface area contributed by atoms with Crippen molar-refractivity contribution in [3.63, 3.8) is 0 Å². The highest BCUT2D eigenvalue weighted by molar-refractivity contribution is 6.00. The molecule has 2 aromatic heterocycles. The number of H-pyrrole nitrogens is 1. The van der Waals surface area contributed by atoms with Crippen molar-refractivity contribution in [1.82, 2.24) is 14.8 Å². The first kappa shape index (κ1) is 22.4. The monoisotopic (exact) mass is 454 g/mol. The second-order valence-electron chi connectivity index (χ2n) is 8.74. The van der Waals surface area contributed by atoms with E-state index in [-0.39, 0.29) is 22.9 Å². The van der Waals surface area contributed by atoms with Crippen LogP contribution in [0.1, 0.15) is 37.1 Å². The molecule has 170 valence electrons. The van der Waals surface area contributed by atoms with Gasteiger partial charge in [-0.15, -0.1) is 0 Å². The van der Waals surface area contributed by atoms with Crippen molar-refractivity contribution in [1.29, 1.82) is 5.26 Å². The van der Waals surface area contributed by atoms with Gasteiger partial charge in [0.15, 0.2) is 5.82 Å². The molecule has 0 radical (unpaired) electrons. The summed E-state index contributed by atoms with van der Waals surface area (Å²) < 4.78 is 46.0. The van der Waals surface area contributed by atoms with E-state index in [2.05, 4.69) is 16.3 Å². The van der Waals surface area contributed by atoms with Gasteiger partial charge < -0.3 is 9.67 Å². The SMILES string of the molecule is Cc1cc(-n2c(C(C)(C)CC#N)c(C[C@@H](F)C(=O)O)c3c(F)c4[nH]ncc4cc32)ccc1F. The van der Waals surface area contributed by atoms with Gasteiger partial charge in [0.2, 0.25) is 6.17 Å². The number of benzene rings is 2. The van der Waals surface area contributed by atoms with Gasteiger partial charge in [0.1, 0.15) is 11.3 Å². The molecular weight excluding hydrogens is 433 g/mol. The van der Waals surface area contributed by atoms with Crippen LogP contribution >= 0.6 is 0 Å². The van der Waals surface area contributed by atoms with Gasteiger partial charge in [-0.25, -0.2) is 18.0 Å². The lowest BCUT2D eigenvalue weighted by molar-refractivity contribution is -0.142. The van der Waals surface area contributed by atoms with Gasteiger partial charge in [0.25, 0.3) is 0 Å². The van der Waals surface area contributed by atoms with E-state index in [9.17, 15) is 23.9 Å². The molecule has 0 fully saturated rings. The molecule has 0 saturated heterocycles. The highest BCUT2D eigenvalue weighted by Gasteiger charge is 2.35. The molecule has 0 aliphatic heterocycles. The maximum atomic E-state index is 15.8. The lowest BCUT2D eigenvalue weighted by Crippen LogP contribution is -2.25. The summed E-state index contributed by atoms with van der Waals surface area (Å²) in [6.45, 7) is 5.09. The van der Waals surface area contributed by atoms with E-state index < -0.39 is 35.6 Å². The van der Waals surface area contributed by atoms with Crippen LogP contribution in [-0.4, -0.2) is 32.0 Å². The number of carboxylic acids is 1. The lowest BCUT2D eigenvalue weighted by atomic mass is 9.82. The van der Waals surface area contributed by atoms with Gasteiger partial charge in [-0.1, -0.05) is 13.8 Å². The van der Waals surface area contributed by atoms with Gasteiger partial charge in [0.05, 0.1) is 17.8 Å². The average Bonchev–Trinajstić information content (AvgIpc) is 3.33. The summed E-state index contributed by atoms with van der Waals surface area (Å²) in [5.74, 6) is -2.79. The summed E-state index contributed by atoms with van der Waals surface area (Å²) in [5, 5.41) is 25.6. The molecule has 0 amide bonds. The molecule has 9 heteroatoms. The van der Waals surface area contributed by atoms with Crippen molar-refractivity contribution >= 4 is 27.8 Å². The van der Waals surface area contributed by atoms with E-state index in [4.69, 9.17) is 0 Å². The fraction of sp³-hybridized carbons (Fsp3) is 0.292. The van der Waals surface area contributed by atoms with E-state index in [0.29, 0.717) is 27.8 Å². The predicted molar refractivity (Wildman–Crippen MR) is 117 cm³/mol. The summed E-state index contributed by atoms with van der Waals surface area (Å²) in [5.41, 5.74) is 0.914. The number of nitriles is 1. The van der Waals surface area contributed by atoms with Crippen LogP contribution in [0.25, 0.3) is 27.5 Å². The van der Waals surface area contributed by atoms with Gasteiger partial charge in [-0.05, 0) is 42.3 Å². The van der Waals surface area contributed by atoms with Crippen LogP contribution in [0.2, 0.25) is 0 Å². The fourth-order valence-corrected chi connectivity index (χ4v) is 4.37. The van der Waals surface area contributed by atoms with Gasteiger partial charge in [-0.3, -0.25) is 5.10 Å². The van der Waals surface area contributed by atoms with Crippen molar-refractivity contribution < 1.29 is 23.1 Å². The molecule has 1 atom stereocenters. The number of halogens is 3. The van der Waals surface area contributed by atoms with Crippen LogP contribution < -0.4 is 0 Å². The molecular formula is C24H21F3N4O2. The molecule has 0 aliphatic rings. The first-order valence-corrected chi connectivity index (χ1v) is 10.3. The summed E-state index contributed by atoms with van der Waals surface area (Å²) in [6.07, 6.45) is -1.44. The van der Waals surface area contributed by atoms with E-state index in [1.165, 1.54) is 18.3 Å². The summed E-state index contributed by atoms with van der Waals surface area (Å²) in [6, 6.07) is 8.13.